The number of halogens is 1. The molecule has 0 bridgehead atoms. The molecular formula is C14H15BrN2O. The minimum Gasteiger partial charge on any atom is -0.299 e. The second-order valence-electron chi connectivity index (χ2n) is 4.37. The Hall–Kier alpha value is -1.42. The number of ketones is 1. The molecular weight excluding hydrogens is 292 g/mol. The molecule has 0 spiro atoms. The first kappa shape index (κ1) is 13.0. The first-order valence-electron chi connectivity index (χ1n) is 5.87. The molecule has 18 heavy (non-hydrogen) atoms. The predicted molar refractivity (Wildman–Crippen MR) is 74.4 cm³/mol. The second kappa shape index (κ2) is 5.96. The van der Waals surface area contributed by atoms with Crippen LogP contribution in [0.25, 0.3) is 0 Å². The predicted octanol–water partition coefficient (Wildman–Crippen LogP) is 2.93. The third kappa shape index (κ3) is 3.81. The Balaban J connectivity index is 1.85. The van der Waals surface area contributed by atoms with Crippen LogP contribution in [0.1, 0.15) is 17.5 Å². The van der Waals surface area contributed by atoms with Crippen molar-refractivity contribution in [2.45, 2.75) is 19.3 Å². The number of Topliss-reactive ketones (excluding diaryl/α,β-unsaturated/α-hetero) is 1. The SMILES string of the molecule is Cn1cc(CCC(=O)Cc2cccc(Br)c2)cn1. The summed E-state index contributed by atoms with van der Waals surface area (Å²) in [6, 6.07) is 7.88. The van der Waals surface area contributed by atoms with E-state index in [0.29, 0.717) is 12.8 Å². The van der Waals surface area contributed by atoms with E-state index in [9.17, 15) is 4.79 Å². The summed E-state index contributed by atoms with van der Waals surface area (Å²) in [5.41, 5.74) is 2.17. The van der Waals surface area contributed by atoms with Gasteiger partial charge in [-0.25, -0.2) is 0 Å². The lowest BCUT2D eigenvalue weighted by atomic mass is 10.0. The van der Waals surface area contributed by atoms with E-state index in [0.717, 1.165) is 22.0 Å². The van der Waals surface area contributed by atoms with Crippen LogP contribution in [0.4, 0.5) is 0 Å². The zero-order valence-electron chi connectivity index (χ0n) is 10.3. The molecule has 94 valence electrons. The molecule has 4 heteroatoms. The topological polar surface area (TPSA) is 34.9 Å². The van der Waals surface area contributed by atoms with Crippen molar-refractivity contribution in [3.05, 3.63) is 52.3 Å². The van der Waals surface area contributed by atoms with Gasteiger partial charge in [0.05, 0.1) is 6.20 Å². The molecule has 0 atom stereocenters. The molecule has 3 nitrogen and oxygen atoms in total. The third-order valence-corrected chi connectivity index (χ3v) is 3.23. The number of nitrogens with zero attached hydrogens (tertiary/aromatic N) is 2. The lowest BCUT2D eigenvalue weighted by Crippen LogP contribution is -2.04. The van der Waals surface area contributed by atoms with Gasteiger partial charge >= 0.3 is 0 Å². The highest BCUT2D eigenvalue weighted by Crippen LogP contribution is 2.13. The van der Waals surface area contributed by atoms with Gasteiger partial charge in [0, 0.05) is 30.6 Å². The van der Waals surface area contributed by atoms with Crippen molar-refractivity contribution in [3.63, 3.8) is 0 Å². The minimum atomic E-state index is 0.261. The van der Waals surface area contributed by atoms with E-state index in [1.807, 2.05) is 43.7 Å². The van der Waals surface area contributed by atoms with Crippen LogP contribution in [0.3, 0.4) is 0 Å². The van der Waals surface area contributed by atoms with Gasteiger partial charge in [0.15, 0.2) is 0 Å². The lowest BCUT2D eigenvalue weighted by Gasteiger charge is -2.01. The molecule has 1 aromatic carbocycles. The Kier molecular flexibility index (Phi) is 4.31. The van der Waals surface area contributed by atoms with Gasteiger partial charge < -0.3 is 0 Å². The lowest BCUT2D eigenvalue weighted by molar-refractivity contribution is -0.118. The van der Waals surface area contributed by atoms with Crippen molar-refractivity contribution in [1.82, 2.24) is 9.78 Å². The monoisotopic (exact) mass is 306 g/mol. The summed E-state index contributed by atoms with van der Waals surface area (Å²) in [5.74, 6) is 0.261. The first-order chi connectivity index (χ1) is 8.63. The van der Waals surface area contributed by atoms with Gasteiger partial charge in [0.2, 0.25) is 0 Å². The molecule has 0 unspecified atom stereocenters. The molecule has 0 radical (unpaired) electrons. The highest BCUT2D eigenvalue weighted by molar-refractivity contribution is 9.10. The second-order valence-corrected chi connectivity index (χ2v) is 5.28. The van der Waals surface area contributed by atoms with E-state index in [1.54, 1.807) is 4.68 Å². The molecule has 2 aromatic rings. The van der Waals surface area contributed by atoms with Crippen molar-refractivity contribution < 1.29 is 4.79 Å². The van der Waals surface area contributed by atoms with Gasteiger partial charge in [-0.05, 0) is 29.7 Å². The normalized spacial score (nSPS) is 10.6. The minimum absolute atomic E-state index is 0.261. The largest absolute Gasteiger partial charge is 0.299 e. The maximum absolute atomic E-state index is 11.9. The fourth-order valence-electron chi connectivity index (χ4n) is 1.85. The van der Waals surface area contributed by atoms with Gasteiger partial charge in [-0.15, -0.1) is 0 Å². The highest BCUT2D eigenvalue weighted by Gasteiger charge is 2.05. The van der Waals surface area contributed by atoms with Crippen LogP contribution >= 0.6 is 15.9 Å². The molecule has 0 saturated carbocycles. The number of hydrogen-bond acceptors (Lipinski definition) is 2. The number of rotatable bonds is 5. The Morgan fingerprint density at radius 3 is 2.89 bits per heavy atom. The van der Waals surface area contributed by atoms with E-state index in [-0.39, 0.29) is 5.78 Å². The van der Waals surface area contributed by atoms with E-state index in [2.05, 4.69) is 21.0 Å². The summed E-state index contributed by atoms with van der Waals surface area (Å²) in [5, 5.41) is 4.09. The average Bonchev–Trinajstić information content (AvgIpc) is 2.73. The molecule has 0 saturated heterocycles. The number of aryl methyl sites for hydroxylation is 2. The number of aromatic nitrogens is 2. The van der Waals surface area contributed by atoms with E-state index in [1.165, 1.54) is 0 Å². The Bertz CT molecular complexity index is 548. The standard InChI is InChI=1S/C14H15BrN2O/c1-17-10-12(9-16-17)5-6-14(18)8-11-3-2-4-13(15)7-11/h2-4,7,9-10H,5-6,8H2,1H3. The van der Waals surface area contributed by atoms with Crippen LogP contribution < -0.4 is 0 Å². The van der Waals surface area contributed by atoms with Crippen LogP contribution in [-0.4, -0.2) is 15.6 Å². The Morgan fingerprint density at radius 1 is 1.39 bits per heavy atom. The average molecular weight is 307 g/mol. The van der Waals surface area contributed by atoms with Crippen molar-refractivity contribution in [2.75, 3.05) is 0 Å². The van der Waals surface area contributed by atoms with Gasteiger partial charge in [-0.1, -0.05) is 28.1 Å². The van der Waals surface area contributed by atoms with Gasteiger partial charge in [-0.2, -0.15) is 5.10 Å². The van der Waals surface area contributed by atoms with Crippen molar-refractivity contribution in [3.8, 4) is 0 Å². The van der Waals surface area contributed by atoms with Gasteiger partial charge in [-0.3, -0.25) is 9.48 Å². The van der Waals surface area contributed by atoms with Crippen LogP contribution in [0.5, 0.6) is 0 Å². The zero-order chi connectivity index (χ0) is 13.0. The Labute approximate surface area is 115 Å². The molecule has 0 aliphatic rings. The zero-order valence-corrected chi connectivity index (χ0v) is 11.9. The van der Waals surface area contributed by atoms with Crippen LogP contribution in [0.15, 0.2) is 41.1 Å². The van der Waals surface area contributed by atoms with Crippen LogP contribution in [0, 0.1) is 0 Å². The summed E-state index contributed by atoms with van der Waals surface area (Å²) in [7, 11) is 1.88. The molecule has 0 N–H and O–H groups in total. The molecule has 0 aliphatic carbocycles. The number of benzene rings is 1. The quantitative estimate of drug-likeness (QED) is 0.851. The molecule has 1 aromatic heterocycles. The Morgan fingerprint density at radius 2 is 2.22 bits per heavy atom. The van der Waals surface area contributed by atoms with E-state index in [4.69, 9.17) is 0 Å². The summed E-state index contributed by atoms with van der Waals surface area (Å²) < 4.78 is 2.77. The fraction of sp³-hybridized carbons (Fsp3) is 0.286. The summed E-state index contributed by atoms with van der Waals surface area (Å²) in [6.45, 7) is 0. The number of carbonyl (C=O) groups excluding carboxylic acids is 1. The maximum atomic E-state index is 11.9. The van der Waals surface area contributed by atoms with Crippen LogP contribution in [0.2, 0.25) is 0 Å². The molecule has 0 amide bonds. The maximum Gasteiger partial charge on any atom is 0.137 e. The smallest absolute Gasteiger partial charge is 0.137 e. The summed E-state index contributed by atoms with van der Waals surface area (Å²) in [6.07, 6.45) is 5.59. The molecule has 1 heterocycles. The van der Waals surface area contributed by atoms with Crippen molar-refractivity contribution >= 4 is 21.7 Å². The van der Waals surface area contributed by atoms with E-state index >= 15 is 0 Å². The summed E-state index contributed by atoms with van der Waals surface area (Å²) >= 11 is 3.41. The molecule has 0 fully saturated rings. The van der Waals surface area contributed by atoms with Gasteiger partial charge in [0.25, 0.3) is 0 Å². The third-order valence-electron chi connectivity index (χ3n) is 2.74. The molecule has 2 rings (SSSR count). The first-order valence-corrected chi connectivity index (χ1v) is 6.66. The van der Waals surface area contributed by atoms with Crippen molar-refractivity contribution in [1.29, 1.82) is 0 Å². The van der Waals surface area contributed by atoms with E-state index < -0.39 is 0 Å². The van der Waals surface area contributed by atoms with Crippen LogP contribution in [-0.2, 0) is 24.7 Å². The fourth-order valence-corrected chi connectivity index (χ4v) is 2.29. The van der Waals surface area contributed by atoms with Gasteiger partial charge in [0.1, 0.15) is 5.78 Å². The highest BCUT2D eigenvalue weighted by atomic mass is 79.9. The van der Waals surface area contributed by atoms with Crippen molar-refractivity contribution in [2.24, 2.45) is 7.05 Å². The summed E-state index contributed by atoms with van der Waals surface area (Å²) in [4.78, 5) is 11.9. The number of carbonyl (C=O) groups is 1. The molecule has 0 aliphatic heterocycles. The number of hydrogen-bond donors (Lipinski definition) is 0.